The molecule has 0 saturated carbocycles. The minimum absolute atomic E-state index is 0.166. The Morgan fingerprint density at radius 1 is 1.44 bits per heavy atom. The van der Waals surface area contributed by atoms with Gasteiger partial charge in [-0.1, -0.05) is 23.2 Å². The van der Waals surface area contributed by atoms with Gasteiger partial charge in [-0.15, -0.1) is 11.3 Å². The molecule has 0 saturated heterocycles. The van der Waals surface area contributed by atoms with Crippen LogP contribution >= 0.6 is 34.5 Å². The molecule has 0 atom stereocenters. The standard InChI is InChI=1S/C11H7Cl2NOS/c1-6-8(2-3-16-6)11(15)10-9(13)4-7(12)5-14-10/h2-5H,1H3. The van der Waals surface area contributed by atoms with E-state index in [0.29, 0.717) is 10.6 Å². The zero-order chi connectivity index (χ0) is 11.7. The van der Waals surface area contributed by atoms with Crippen LogP contribution in [0.3, 0.4) is 0 Å². The number of thiophene rings is 1. The number of aryl methyl sites for hydroxylation is 1. The van der Waals surface area contributed by atoms with Gasteiger partial charge >= 0.3 is 0 Å². The number of rotatable bonds is 2. The van der Waals surface area contributed by atoms with Gasteiger partial charge in [0, 0.05) is 16.6 Å². The van der Waals surface area contributed by atoms with Gasteiger partial charge in [0.2, 0.25) is 5.78 Å². The second-order valence-electron chi connectivity index (χ2n) is 3.20. The number of hydrogen-bond acceptors (Lipinski definition) is 3. The highest BCUT2D eigenvalue weighted by atomic mass is 35.5. The molecule has 0 fully saturated rings. The van der Waals surface area contributed by atoms with Gasteiger partial charge in [0.05, 0.1) is 10.0 Å². The fraction of sp³-hybridized carbons (Fsp3) is 0.0909. The Morgan fingerprint density at radius 2 is 2.19 bits per heavy atom. The van der Waals surface area contributed by atoms with E-state index in [2.05, 4.69) is 4.98 Å². The normalized spacial score (nSPS) is 10.4. The summed E-state index contributed by atoms with van der Waals surface area (Å²) in [6.07, 6.45) is 1.42. The molecule has 2 rings (SSSR count). The van der Waals surface area contributed by atoms with E-state index in [4.69, 9.17) is 23.2 Å². The van der Waals surface area contributed by atoms with Gasteiger partial charge in [-0.05, 0) is 24.4 Å². The largest absolute Gasteiger partial charge is 0.287 e. The molecule has 0 aliphatic carbocycles. The Balaban J connectivity index is 2.46. The van der Waals surface area contributed by atoms with Crippen LogP contribution in [0.5, 0.6) is 0 Å². The minimum atomic E-state index is -0.166. The van der Waals surface area contributed by atoms with E-state index in [1.165, 1.54) is 23.6 Å². The number of nitrogens with zero attached hydrogens (tertiary/aromatic N) is 1. The summed E-state index contributed by atoms with van der Waals surface area (Å²) in [7, 11) is 0. The van der Waals surface area contributed by atoms with Gasteiger partial charge in [-0.3, -0.25) is 4.79 Å². The molecule has 2 nitrogen and oxygen atoms in total. The topological polar surface area (TPSA) is 30.0 Å². The molecule has 0 radical (unpaired) electrons. The lowest BCUT2D eigenvalue weighted by atomic mass is 10.1. The molecule has 0 aliphatic heterocycles. The van der Waals surface area contributed by atoms with Crippen molar-refractivity contribution in [1.82, 2.24) is 4.98 Å². The second kappa shape index (κ2) is 4.53. The van der Waals surface area contributed by atoms with Crippen LogP contribution < -0.4 is 0 Å². The minimum Gasteiger partial charge on any atom is -0.287 e. The number of halogens is 2. The van der Waals surface area contributed by atoms with Crippen LogP contribution in [0.2, 0.25) is 10.0 Å². The van der Waals surface area contributed by atoms with E-state index >= 15 is 0 Å². The lowest BCUT2D eigenvalue weighted by molar-refractivity contribution is 0.103. The van der Waals surface area contributed by atoms with E-state index in [0.717, 1.165) is 4.88 Å². The van der Waals surface area contributed by atoms with Gasteiger partial charge in [0.1, 0.15) is 5.69 Å². The third-order valence-corrected chi connectivity index (χ3v) is 3.47. The zero-order valence-electron chi connectivity index (χ0n) is 8.33. The van der Waals surface area contributed by atoms with E-state index in [1.54, 1.807) is 6.07 Å². The summed E-state index contributed by atoms with van der Waals surface area (Å²) in [5, 5.41) is 2.57. The summed E-state index contributed by atoms with van der Waals surface area (Å²) in [4.78, 5) is 17.0. The summed E-state index contributed by atoms with van der Waals surface area (Å²) < 4.78 is 0. The van der Waals surface area contributed by atoms with Gasteiger partial charge in [-0.2, -0.15) is 0 Å². The van der Waals surface area contributed by atoms with Crippen LogP contribution in [-0.2, 0) is 0 Å². The molecule has 0 aliphatic rings. The molecule has 2 aromatic heterocycles. The molecule has 2 aromatic rings. The van der Waals surface area contributed by atoms with Crippen molar-refractivity contribution < 1.29 is 4.79 Å². The van der Waals surface area contributed by atoms with Crippen molar-refractivity contribution in [1.29, 1.82) is 0 Å². The Morgan fingerprint density at radius 3 is 2.75 bits per heavy atom. The van der Waals surface area contributed by atoms with Crippen molar-refractivity contribution in [3.63, 3.8) is 0 Å². The van der Waals surface area contributed by atoms with Crippen molar-refractivity contribution in [2.24, 2.45) is 0 Å². The molecule has 0 bridgehead atoms. The first kappa shape index (κ1) is 11.6. The van der Waals surface area contributed by atoms with Crippen LogP contribution in [0.25, 0.3) is 0 Å². The lowest BCUT2D eigenvalue weighted by Crippen LogP contribution is -2.04. The predicted octanol–water partition coefficient (Wildman–Crippen LogP) is 3.99. The maximum absolute atomic E-state index is 12.1. The third kappa shape index (κ3) is 2.12. The summed E-state index contributed by atoms with van der Waals surface area (Å²) in [6, 6.07) is 3.29. The van der Waals surface area contributed by atoms with Crippen molar-refractivity contribution in [2.75, 3.05) is 0 Å². The lowest BCUT2D eigenvalue weighted by Gasteiger charge is -2.02. The van der Waals surface area contributed by atoms with E-state index in [1.807, 2.05) is 12.3 Å². The number of carbonyl (C=O) groups is 1. The van der Waals surface area contributed by atoms with Gasteiger partial charge < -0.3 is 0 Å². The smallest absolute Gasteiger partial charge is 0.213 e. The highest BCUT2D eigenvalue weighted by Crippen LogP contribution is 2.24. The molecule has 2 heterocycles. The first-order valence-electron chi connectivity index (χ1n) is 4.49. The van der Waals surface area contributed by atoms with Gasteiger partial charge in [0.25, 0.3) is 0 Å². The van der Waals surface area contributed by atoms with Crippen molar-refractivity contribution in [2.45, 2.75) is 6.92 Å². The van der Waals surface area contributed by atoms with Crippen LogP contribution in [0.1, 0.15) is 20.9 Å². The number of carbonyl (C=O) groups excluding carboxylic acids is 1. The monoisotopic (exact) mass is 271 g/mol. The highest BCUT2D eigenvalue weighted by Gasteiger charge is 2.17. The summed E-state index contributed by atoms with van der Waals surface area (Å²) in [5.41, 5.74) is 0.884. The molecule has 16 heavy (non-hydrogen) atoms. The quantitative estimate of drug-likeness (QED) is 0.774. The van der Waals surface area contributed by atoms with Crippen LogP contribution in [0, 0.1) is 6.92 Å². The molecular formula is C11H7Cl2NOS. The Labute approximate surface area is 107 Å². The van der Waals surface area contributed by atoms with Crippen LogP contribution in [-0.4, -0.2) is 10.8 Å². The van der Waals surface area contributed by atoms with Gasteiger partial charge in [-0.25, -0.2) is 4.98 Å². The average Bonchev–Trinajstić information content (AvgIpc) is 2.63. The van der Waals surface area contributed by atoms with Crippen molar-refractivity contribution in [3.05, 3.63) is 49.9 Å². The van der Waals surface area contributed by atoms with E-state index < -0.39 is 0 Å². The number of pyridine rings is 1. The average molecular weight is 272 g/mol. The molecule has 5 heteroatoms. The van der Waals surface area contributed by atoms with Crippen molar-refractivity contribution in [3.8, 4) is 0 Å². The third-order valence-electron chi connectivity index (χ3n) is 2.13. The predicted molar refractivity (Wildman–Crippen MR) is 66.7 cm³/mol. The Bertz CT molecular complexity index is 551. The van der Waals surface area contributed by atoms with Crippen molar-refractivity contribution >= 4 is 40.3 Å². The molecule has 0 spiro atoms. The van der Waals surface area contributed by atoms with E-state index in [-0.39, 0.29) is 16.5 Å². The molecule has 0 unspecified atom stereocenters. The summed E-state index contributed by atoms with van der Waals surface area (Å²) in [5.74, 6) is -0.166. The fourth-order valence-electron chi connectivity index (χ4n) is 1.33. The maximum Gasteiger partial charge on any atom is 0.213 e. The number of aromatic nitrogens is 1. The Hall–Kier alpha value is -0.900. The SMILES string of the molecule is Cc1sccc1C(=O)c1ncc(Cl)cc1Cl. The zero-order valence-corrected chi connectivity index (χ0v) is 10.7. The first-order chi connectivity index (χ1) is 7.59. The molecule has 0 N–H and O–H groups in total. The van der Waals surface area contributed by atoms with E-state index in [9.17, 15) is 4.79 Å². The fourth-order valence-corrected chi connectivity index (χ4v) is 2.49. The molecule has 0 amide bonds. The maximum atomic E-state index is 12.1. The number of ketones is 1. The summed E-state index contributed by atoms with van der Waals surface area (Å²) in [6.45, 7) is 1.89. The van der Waals surface area contributed by atoms with Crippen LogP contribution in [0.15, 0.2) is 23.7 Å². The molecular weight excluding hydrogens is 265 g/mol. The van der Waals surface area contributed by atoms with Gasteiger partial charge in [0.15, 0.2) is 0 Å². The highest BCUT2D eigenvalue weighted by molar-refractivity contribution is 7.10. The molecule has 0 aromatic carbocycles. The van der Waals surface area contributed by atoms with Crippen LogP contribution in [0.4, 0.5) is 0 Å². The summed E-state index contributed by atoms with van der Waals surface area (Å²) >= 11 is 13.2. The molecule has 82 valence electrons. The first-order valence-corrected chi connectivity index (χ1v) is 6.13. The Kier molecular flexibility index (Phi) is 3.28. The number of hydrogen-bond donors (Lipinski definition) is 0. The second-order valence-corrected chi connectivity index (χ2v) is 5.17.